The molecule has 124 valence electrons. The van der Waals surface area contributed by atoms with Crippen molar-refractivity contribution in [3.05, 3.63) is 47.6 Å². The lowest BCUT2D eigenvalue weighted by Gasteiger charge is -2.02. The Morgan fingerprint density at radius 1 is 1.17 bits per heavy atom. The molecule has 1 aliphatic carbocycles. The average molecular weight is 335 g/mol. The molecule has 0 amide bonds. The minimum atomic E-state index is -4.64. The molecule has 1 fully saturated rings. The van der Waals surface area contributed by atoms with Crippen LogP contribution in [0.4, 0.5) is 13.2 Å². The maximum absolute atomic E-state index is 12.5. The van der Waals surface area contributed by atoms with Crippen molar-refractivity contribution in [1.82, 2.24) is 25.1 Å². The molecule has 6 nitrogen and oxygen atoms in total. The van der Waals surface area contributed by atoms with Crippen molar-refractivity contribution in [2.24, 2.45) is 0 Å². The maximum atomic E-state index is 12.5. The number of aromatic nitrogens is 5. The Labute approximate surface area is 134 Å². The molecular weight excluding hydrogens is 323 g/mol. The van der Waals surface area contributed by atoms with E-state index in [1.54, 1.807) is 28.9 Å². The number of rotatable bonds is 4. The Bertz CT molecular complexity index is 849. The van der Waals surface area contributed by atoms with Crippen LogP contribution in [0.5, 0.6) is 0 Å². The summed E-state index contributed by atoms with van der Waals surface area (Å²) in [7, 11) is 0. The van der Waals surface area contributed by atoms with E-state index in [1.165, 1.54) is 0 Å². The molecule has 0 atom stereocenters. The Morgan fingerprint density at radius 3 is 2.54 bits per heavy atom. The Kier molecular flexibility index (Phi) is 3.36. The van der Waals surface area contributed by atoms with Gasteiger partial charge in [0.15, 0.2) is 0 Å². The molecule has 0 unspecified atom stereocenters. The van der Waals surface area contributed by atoms with Crippen LogP contribution < -0.4 is 0 Å². The molecule has 24 heavy (non-hydrogen) atoms. The van der Waals surface area contributed by atoms with Crippen LogP contribution in [0.3, 0.4) is 0 Å². The summed E-state index contributed by atoms with van der Waals surface area (Å²) in [6, 6.07) is 6.88. The highest BCUT2D eigenvalue weighted by Crippen LogP contribution is 2.38. The number of hydrogen-bond donors (Lipinski definition) is 0. The average Bonchev–Trinajstić information content (AvgIpc) is 3.08. The molecule has 4 rings (SSSR count). The fourth-order valence-corrected chi connectivity index (χ4v) is 2.36. The second-order valence-corrected chi connectivity index (χ2v) is 5.73. The van der Waals surface area contributed by atoms with Crippen LogP contribution in [0.25, 0.3) is 11.4 Å². The third-order valence-electron chi connectivity index (χ3n) is 3.78. The van der Waals surface area contributed by atoms with Gasteiger partial charge in [-0.3, -0.25) is 0 Å². The van der Waals surface area contributed by atoms with Crippen LogP contribution in [-0.2, 0) is 12.7 Å². The zero-order chi connectivity index (χ0) is 16.7. The number of nitrogens with zero attached hydrogens (tertiary/aromatic N) is 5. The Morgan fingerprint density at radius 2 is 1.92 bits per heavy atom. The molecule has 0 aliphatic heterocycles. The molecule has 1 saturated carbocycles. The van der Waals surface area contributed by atoms with Crippen molar-refractivity contribution in [1.29, 1.82) is 0 Å². The highest BCUT2D eigenvalue weighted by Gasteiger charge is 2.38. The quantitative estimate of drug-likeness (QED) is 0.732. The highest BCUT2D eigenvalue weighted by atomic mass is 19.4. The first kappa shape index (κ1) is 14.9. The topological polar surface area (TPSA) is 69.6 Å². The number of benzene rings is 1. The van der Waals surface area contributed by atoms with E-state index in [4.69, 9.17) is 0 Å². The van der Waals surface area contributed by atoms with E-state index >= 15 is 0 Å². The molecule has 0 bridgehead atoms. The van der Waals surface area contributed by atoms with Gasteiger partial charge in [0, 0.05) is 17.7 Å². The van der Waals surface area contributed by atoms with Gasteiger partial charge in [-0.1, -0.05) is 34.6 Å². The van der Waals surface area contributed by atoms with Gasteiger partial charge in [0.1, 0.15) is 0 Å². The van der Waals surface area contributed by atoms with Crippen LogP contribution in [0.15, 0.2) is 35.0 Å². The lowest BCUT2D eigenvalue weighted by atomic mass is 10.1. The molecule has 2 heterocycles. The van der Waals surface area contributed by atoms with E-state index in [2.05, 4.69) is 25.0 Å². The third-order valence-corrected chi connectivity index (χ3v) is 3.78. The van der Waals surface area contributed by atoms with Crippen LogP contribution in [-0.4, -0.2) is 25.1 Å². The summed E-state index contributed by atoms with van der Waals surface area (Å²) in [5.74, 6) is -0.898. The largest absolute Gasteiger partial charge is 0.471 e. The molecule has 1 aromatic carbocycles. The molecule has 0 spiro atoms. The molecular formula is C15H12F3N5O. The molecule has 0 radical (unpaired) electrons. The molecule has 1 aliphatic rings. The molecule has 0 N–H and O–H groups in total. The third kappa shape index (κ3) is 3.01. The lowest BCUT2D eigenvalue weighted by Crippen LogP contribution is -2.04. The lowest BCUT2D eigenvalue weighted by molar-refractivity contribution is -0.159. The predicted octanol–water partition coefficient (Wildman–Crippen LogP) is 3.27. The zero-order valence-corrected chi connectivity index (χ0v) is 12.4. The maximum Gasteiger partial charge on any atom is 0.471 e. The number of alkyl halides is 3. The summed E-state index contributed by atoms with van der Waals surface area (Å²) in [5, 5.41) is 11.6. The summed E-state index contributed by atoms with van der Waals surface area (Å²) in [5.41, 5.74) is 2.42. The van der Waals surface area contributed by atoms with E-state index in [1.807, 2.05) is 6.20 Å². The van der Waals surface area contributed by atoms with Crippen molar-refractivity contribution in [3.63, 3.8) is 0 Å². The Balaban J connectivity index is 1.48. The first-order valence-corrected chi connectivity index (χ1v) is 7.39. The summed E-state index contributed by atoms with van der Waals surface area (Å²) < 4.78 is 43.4. The normalized spacial score (nSPS) is 15.0. The SMILES string of the molecule is FC(F)(F)c1nc(-c2ccc(Cn3cc(C4CC4)nn3)cc2)no1. The standard InChI is InChI=1S/C15H12F3N5O/c16-15(17,18)14-19-13(21-24-14)11-3-1-9(2-4-11)7-23-8-12(20-22-23)10-5-6-10/h1-4,8,10H,5-7H2. The van der Waals surface area contributed by atoms with Crippen molar-refractivity contribution < 1.29 is 17.7 Å². The van der Waals surface area contributed by atoms with Gasteiger partial charge in [0.2, 0.25) is 5.82 Å². The van der Waals surface area contributed by atoms with E-state index in [0.717, 1.165) is 24.1 Å². The van der Waals surface area contributed by atoms with Crippen LogP contribution in [0.1, 0.15) is 35.9 Å². The summed E-state index contributed by atoms with van der Waals surface area (Å²) in [6.07, 6.45) is -0.381. The van der Waals surface area contributed by atoms with Gasteiger partial charge in [0.05, 0.1) is 12.2 Å². The smallest absolute Gasteiger partial charge is 0.329 e. The van der Waals surface area contributed by atoms with Gasteiger partial charge in [-0.05, 0) is 18.4 Å². The summed E-state index contributed by atoms with van der Waals surface area (Å²) >= 11 is 0. The van der Waals surface area contributed by atoms with E-state index in [0.29, 0.717) is 18.0 Å². The van der Waals surface area contributed by atoms with Crippen molar-refractivity contribution >= 4 is 0 Å². The summed E-state index contributed by atoms with van der Waals surface area (Å²) in [4.78, 5) is 3.36. The molecule has 2 aromatic heterocycles. The van der Waals surface area contributed by atoms with Crippen LogP contribution in [0, 0.1) is 0 Å². The van der Waals surface area contributed by atoms with Gasteiger partial charge in [0.25, 0.3) is 0 Å². The molecule has 3 aromatic rings. The minimum Gasteiger partial charge on any atom is -0.329 e. The first-order chi connectivity index (χ1) is 11.5. The summed E-state index contributed by atoms with van der Waals surface area (Å²) in [6.45, 7) is 0.542. The van der Waals surface area contributed by atoms with Gasteiger partial charge in [-0.15, -0.1) is 5.10 Å². The van der Waals surface area contributed by atoms with Crippen molar-refractivity contribution in [2.45, 2.75) is 31.5 Å². The molecule has 9 heteroatoms. The second-order valence-electron chi connectivity index (χ2n) is 5.73. The fourth-order valence-electron chi connectivity index (χ4n) is 2.36. The number of halogens is 3. The fraction of sp³-hybridized carbons (Fsp3) is 0.333. The zero-order valence-electron chi connectivity index (χ0n) is 12.4. The van der Waals surface area contributed by atoms with Crippen LogP contribution >= 0.6 is 0 Å². The van der Waals surface area contributed by atoms with E-state index < -0.39 is 12.1 Å². The van der Waals surface area contributed by atoms with Gasteiger partial charge in [-0.2, -0.15) is 18.2 Å². The molecule has 0 saturated heterocycles. The second kappa shape index (κ2) is 5.43. The Hall–Kier alpha value is -2.71. The number of hydrogen-bond acceptors (Lipinski definition) is 5. The van der Waals surface area contributed by atoms with Gasteiger partial charge in [-0.25, -0.2) is 4.68 Å². The minimum absolute atomic E-state index is 0.0920. The highest BCUT2D eigenvalue weighted by molar-refractivity contribution is 5.54. The predicted molar refractivity (Wildman–Crippen MR) is 75.8 cm³/mol. The van der Waals surface area contributed by atoms with Gasteiger partial charge >= 0.3 is 12.1 Å². The van der Waals surface area contributed by atoms with E-state index in [-0.39, 0.29) is 5.82 Å². The van der Waals surface area contributed by atoms with Crippen molar-refractivity contribution in [3.8, 4) is 11.4 Å². The van der Waals surface area contributed by atoms with Crippen molar-refractivity contribution in [2.75, 3.05) is 0 Å². The van der Waals surface area contributed by atoms with Crippen LogP contribution in [0.2, 0.25) is 0 Å². The van der Waals surface area contributed by atoms with E-state index in [9.17, 15) is 13.2 Å². The first-order valence-electron chi connectivity index (χ1n) is 7.39. The van der Waals surface area contributed by atoms with Gasteiger partial charge < -0.3 is 4.52 Å². The monoisotopic (exact) mass is 335 g/mol.